The van der Waals surface area contributed by atoms with Gasteiger partial charge in [0, 0.05) is 12.5 Å². The van der Waals surface area contributed by atoms with E-state index in [1.807, 2.05) is 0 Å². The van der Waals surface area contributed by atoms with Gasteiger partial charge in [0.1, 0.15) is 12.0 Å². The van der Waals surface area contributed by atoms with Crippen LogP contribution in [-0.2, 0) is 9.53 Å². The second kappa shape index (κ2) is 7.69. The van der Waals surface area contributed by atoms with Crippen LogP contribution in [0.5, 0.6) is 0 Å². The van der Waals surface area contributed by atoms with Crippen molar-refractivity contribution >= 4 is 12.0 Å². The number of amides is 2. The molecule has 0 radical (unpaired) electrons. The monoisotopic (exact) mass is 392 g/mol. The van der Waals surface area contributed by atoms with Crippen LogP contribution in [0.1, 0.15) is 40.0 Å². The van der Waals surface area contributed by atoms with E-state index in [0.29, 0.717) is 12.8 Å². The Bertz CT molecular complexity index is 588. The molecule has 3 unspecified atom stereocenters. The SMILES string of the molecule is C=C[C@H]1CC2CC(NC(=O)OC(C)(C)C)C([C@H]1O)N(C(=O)CC(F)(F)F)C2. The van der Waals surface area contributed by atoms with Crippen LogP contribution in [0.2, 0.25) is 0 Å². The highest BCUT2D eigenvalue weighted by molar-refractivity contribution is 5.78. The molecule has 2 aliphatic heterocycles. The number of hydrogen-bond acceptors (Lipinski definition) is 4. The van der Waals surface area contributed by atoms with Crippen LogP contribution in [0, 0.1) is 11.8 Å². The lowest BCUT2D eigenvalue weighted by atomic mass is 9.89. The molecule has 6 nitrogen and oxygen atoms in total. The van der Waals surface area contributed by atoms with E-state index in [4.69, 9.17) is 4.74 Å². The Balaban J connectivity index is 2.26. The Morgan fingerprint density at radius 3 is 2.44 bits per heavy atom. The Hall–Kier alpha value is -1.77. The summed E-state index contributed by atoms with van der Waals surface area (Å²) < 4.78 is 43.4. The van der Waals surface area contributed by atoms with Crippen molar-refractivity contribution in [2.24, 2.45) is 11.8 Å². The molecule has 0 aromatic rings. The summed E-state index contributed by atoms with van der Waals surface area (Å²) in [6.45, 7) is 8.86. The van der Waals surface area contributed by atoms with Gasteiger partial charge in [-0.25, -0.2) is 4.79 Å². The Labute approximate surface area is 156 Å². The van der Waals surface area contributed by atoms with Crippen LogP contribution in [0.3, 0.4) is 0 Å². The van der Waals surface area contributed by atoms with E-state index >= 15 is 0 Å². The van der Waals surface area contributed by atoms with Gasteiger partial charge in [-0.2, -0.15) is 13.2 Å². The molecule has 0 aromatic carbocycles. The predicted octanol–water partition coefficient (Wildman–Crippen LogP) is 2.62. The van der Waals surface area contributed by atoms with E-state index in [9.17, 15) is 27.9 Å². The average molecular weight is 392 g/mol. The molecule has 1 saturated carbocycles. The van der Waals surface area contributed by atoms with Gasteiger partial charge >= 0.3 is 12.3 Å². The largest absolute Gasteiger partial charge is 0.444 e. The smallest absolute Gasteiger partial charge is 0.407 e. The third kappa shape index (κ3) is 5.60. The molecule has 3 fully saturated rings. The van der Waals surface area contributed by atoms with Crippen LogP contribution in [0.15, 0.2) is 12.7 Å². The maximum Gasteiger partial charge on any atom is 0.407 e. The maximum atomic E-state index is 12.7. The molecule has 0 aromatic heterocycles. The number of hydrogen-bond donors (Lipinski definition) is 2. The fraction of sp³-hybridized carbons (Fsp3) is 0.778. The highest BCUT2D eigenvalue weighted by Gasteiger charge is 2.50. The predicted molar refractivity (Wildman–Crippen MR) is 91.7 cm³/mol. The minimum Gasteiger partial charge on any atom is -0.444 e. The molecule has 1 aliphatic carbocycles. The molecule has 3 rings (SSSR count). The number of nitrogens with zero attached hydrogens (tertiary/aromatic N) is 1. The van der Waals surface area contributed by atoms with Crippen molar-refractivity contribution in [3.8, 4) is 0 Å². The van der Waals surface area contributed by atoms with Crippen molar-refractivity contribution in [1.82, 2.24) is 10.2 Å². The number of alkyl halides is 3. The summed E-state index contributed by atoms with van der Waals surface area (Å²) in [5.74, 6) is -1.62. The second-order valence-corrected chi connectivity index (χ2v) is 8.31. The second-order valence-electron chi connectivity index (χ2n) is 8.31. The minimum absolute atomic E-state index is 0.119. The highest BCUT2D eigenvalue weighted by Crippen LogP contribution is 2.38. The standard InChI is InChI=1S/C18H27F3N2O4/c1-5-11-6-10-7-12(22-16(26)27-17(2,3)4)14(15(11)25)23(9-10)13(24)8-18(19,20)21/h5,10-12,14-15,25H,1,6-9H2,2-4H3,(H,22,26)/t10?,11-,12?,14?,15-/m0/s1. The zero-order valence-corrected chi connectivity index (χ0v) is 15.8. The normalized spacial score (nSPS) is 31.2. The molecule has 0 spiro atoms. The molecule has 2 heterocycles. The Kier molecular flexibility index (Phi) is 6.13. The average Bonchev–Trinajstić information content (AvgIpc) is 2.68. The van der Waals surface area contributed by atoms with Crippen LogP contribution in [-0.4, -0.2) is 58.5 Å². The summed E-state index contributed by atoms with van der Waals surface area (Å²) in [7, 11) is 0. The molecule has 154 valence electrons. The number of carbonyl (C=O) groups is 2. The highest BCUT2D eigenvalue weighted by atomic mass is 19.4. The summed E-state index contributed by atoms with van der Waals surface area (Å²) in [6.07, 6.45) is -5.60. The topological polar surface area (TPSA) is 78.9 Å². The van der Waals surface area contributed by atoms with Gasteiger partial charge in [-0.1, -0.05) is 6.08 Å². The number of ether oxygens (including phenoxy) is 1. The number of rotatable bonds is 3. The van der Waals surface area contributed by atoms with E-state index in [2.05, 4.69) is 11.9 Å². The molecule has 2 amide bonds. The van der Waals surface area contributed by atoms with E-state index in [1.54, 1.807) is 26.8 Å². The number of halogens is 3. The molecular weight excluding hydrogens is 365 g/mol. The molecule has 3 aliphatic rings. The van der Waals surface area contributed by atoms with E-state index in [1.165, 1.54) is 0 Å². The molecular formula is C18H27F3N2O4. The fourth-order valence-corrected chi connectivity index (χ4v) is 3.94. The van der Waals surface area contributed by atoms with Crippen LogP contribution in [0.25, 0.3) is 0 Å². The maximum absolute atomic E-state index is 12.7. The van der Waals surface area contributed by atoms with Crippen molar-refractivity contribution < 1.29 is 32.6 Å². The van der Waals surface area contributed by atoms with Crippen LogP contribution < -0.4 is 5.32 Å². The first-order valence-electron chi connectivity index (χ1n) is 8.97. The van der Waals surface area contributed by atoms with Gasteiger partial charge < -0.3 is 20.1 Å². The molecule has 5 atom stereocenters. The lowest BCUT2D eigenvalue weighted by Crippen LogP contribution is -2.62. The number of piperidine rings is 1. The van der Waals surface area contributed by atoms with Crippen molar-refractivity contribution in [3.05, 3.63) is 12.7 Å². The number of fused-ring (bicyclic) bond motifs is 4. The van der Waals surface area contributed by atoms with Gasteiger partial charge in [0.25, 0.3) is 0 Å². The molecule has 9 heteroatoms. The molecule has 2 bridgehead atoms. The van der Waals surface area contributed by atoms with Crippen molar-refractivity contribution in [2.75, 3.05) is 6.54 Å². The number of aliphatic hydroxyl groups excluding tert-OH is 1. The summed E-state index contributed by atoms with van der Waals surface area (Å²) >= 11 is 0. The van der Waals surface area contributed by atoms with Crippen molar-refractivity contribution in [2.45, 2.75) is 70.0 Å². The third-order valence-corrected chi connectivity index (χ3v) is 4.89. The lowest BCUT2D eigenvalue weighted by Gasteiger charge is -2.44. The van der Waals surface area contributed by atoms with E-state index in [0.717, 1.165) is 4.90 Å². The molecule has 2 saturated heterocycles. The molecule has 27 heavy (non-hydrogen) atoms. The van der Waals surface area contributed by atoms with E-state index in [-0.39, 0.29) is 18.4 Å². The van der Waals surface area contributed by atoms with Gasteiger partial charge in [0.15, 0.2) is 0 Å². The summed E-state index contributed by atoms with van der Waals surface area (Å²) in [5.41, 5.74) is -0.748. The van der Waals surface area contributed by atoms with E-state index < -0.39 is 48.4 Å². The summed E-state index contributed by atoms with van der Waals surface area (Å²) in [4.78, 5) is 25.5. The summed E-state index contributed by atoms with van der Waals surface area (Å²) in [5, 5.41) is 13.4. The number of alkyl carbamates (subject to hydrolysis) is 1. The van der Waals surface area contributed by atoms with Crippen LogP contribution >= 0.6 is 0 Å². The Morgan fingerprint density at radius 1 is 1.30 bits per heavy atom. The van der Waals surface area contributed by atoms with Crippen molar-refractivity contribution in [1.29, 1.82) is 0 Å². The lowest BCUT2D eigenvalue weighted by molar-refractivity contribution is -0.167. The first-order chi connectivity index (χ1) is 12.3. The van der Waals surface area contributed by atoms with Gasteiger partial charge in [-0.3, -0.25) is 4.79 Å². The molecule has 2 N–H and O–H groups in total. The number of aliphatic hydroxyl groups is 1. The van der Waals surface area contributed by atoms with Gasteiger partial charge in [0.05, 0.1) is 18.2 Å². The van der Waals surface area contributed by atoms with Gasteiger partial charge in [-0.05, 0) is 39.5 Å². The van der Waals surface area contributed by atoms with Gasteiger partial charge in [0.2, 0.25) is 5.91 Å². The fourth-order valence-electron chi connectivity index (χ4n) is 3.94. The van der Waals surface area contributed by atoms with Gasteiger partial charge in [-0.15, -0.1) is 6.58 Å². The number of nitrogens with one attached hydrogen (secondary N) is 1. The first kappa shape index (κ1) is 21.5. The van der Waals surface area contributed by atoms with Crippen LogP contribution in [0.4, 0.5) is 18.0 Å². The minimum atomic E-state index is -4.64. The zero-order chi connectivity index (χ0) is 20.6. The third-order valence-electron chi connectivity index (χ3n) is 4.89. The number of carbonyl (C=O) groups excluding carboxylic acids is 2. The summed E-state index contributed by atoms with van der Waals surface area (Å²) in [6, 6.07) is -1.66. The quantitative estimate of drug-likeness (QED) is 0.724. The first-order valence-corrected chi connectivity index (χ1v) is 8.97. The van der Waals surface area contributed by atoms with Crippen molar-refractivity contribution in [3.63, 3.8) is 0 Å². The Morgan fingerprint density at radius 2 is 1.93 bits per heavy atom. The zero-order valence-electron chi connectivity index (χ0n) is 15.8.